The number of aliphatic hydroxyl groups is 1. The summed E-state index contributed by atoms with van der Waals surface area (Å²) in [4.78, 5) is 164. The number of nitrogens with zero attached hydrogens (tertiary/aromatic N) is 3. The highest BCUT2D eigenvalue weighted by Crippen LogP contribution is 2.23. The summed E-state index contributed by atoms with van der Waals surface area (Å²) in [6.07, 6.45) is -2.55. The van der Waals surface area contributed by atoms with Crippen LogP contribution in [0.25, 0.3) is 0 Å². The molecule has 31 nitrogen and oxygen atoms in total. The summed E-state index contributed by atoms with van der Waals surface area (Å²) in [5, 5.41) is 72.3. The Morgan fingerprint density at radius 3 is 1.54 bits per heavy atom. The van der Waals surface area contributed by atoms with Gasteiger partial charge in [-0.3, -0.25) is 57.7 Å². The number of likely N-dealkylation sites (tertiary alicyclic amines) is 2. The lowest BCUT2D eigenvalue weighted by molar-refractivity contribution is -0.147. The zero-order valence-corrected chi connectivity index (χ0v) is 43.4. The third-order valence-corrected chi connectivity index (χ3v) is 12.9. The SMILES string of the molecule is NCCCC[C@H](NC(=O)[C@@H]1CCCN1C(=O)[C@H](CCC(=O)O)NC(=O)[C@@H]1CCCN1C(=O)[C@H](CC(=O)O)NC(=O)[C@H](CCCN=C(N)N)NC(=O)[C@H](CCC(=O)O)NC(=O)[C@H](CO)NC(=O)[C@@H](N)Cc1ccc(O)cc1)C(=O)O. The zero-order chi connectivity index (χ0) is 58.9. The Bertz CT molecular complexity index is 2370. The fraction of sp³-hybridized carbons (Fsp3) is 0.604. The first-order valence-corrected chi connectivity index (χ1v) is 25.6. The number of aromatic hydroxyl groups is 1. The Hall–Kier alpha value is -8.19. The molecule has 2 heterocycles. The number of nitrogens with two attached hydrogens (primary N) is 4. The standard InChI is InChI=1S/C48H73N13O18/c49-18-2-1-6-31(47(78)79)57-44(75)35-9-4-20-60(35)45(76)30(15-17-37(66)67)56-43(74)34-8-5-21-61(34)46(77)32(23-38(68)69)58-40(71)28(7-3-19-53-48(51)52)54-41(72)29(14-16-36(64)65)55-42(73)33(24-62)59-39(70)27(50)22-25-10-12-26(63)13-11-25/h10-13,27-35,62-63H,1-9,14-24,49-50H2,(H,54,72)(H,55,73)(H,56,74)(H,57,75)(H,58,71)(H,59,70)(H,64,65)(H,66,67)(H,68,69)(H,78,79)(H4,51,52,53)/t27-,28-,29-,30-,31-,32-,33-,34-,35-/m0/s1. The van der Waals surface area contributed by atoms with E-state index in [-0.39, 0.29) is 76.3 Å². The number of carbonyl (C=O) groups excluding carboxylic acids is 8. The lowest BCUT2D eigenvalue weighted by Gasteiger charge is -2.32. The van der Waals surface area contributed by atoms with Crippen LogP contribution in [0.2, 0.25) is 0 Å². The molecule has 0 saturated carbocycles. The van der Waals surface area contributed by atoms with Crippen LogP contribution in [0.5, 0.6) is 5.75 Å². The molecule has 2 fully saturated rings. The van der Waals surface area contributed by atoms with E-state index in [1.165, 1.54) is 24.3 Å². The van der Waals surface area contributed by atoms with Gasteiger partial charge in [0.25, 0.3) is 0 Å². The van der Waals surface area contributed by atoms with Crippen LogP contribution in [0, 0.1) is 0 Å². The number of phenols is 1. The van der Waals surface area contributed by atoms with Crippen LogP contribution in [0.3, 0.4) is 0 Å². The van der Waals surface area contributed by atoms with E-state index in [2.05, 4.69) is 36.9 Å². The number of rotatable bonds is 34. The minimum absolute atomic E-state index is 0.0107. The first-order chi connectivity index (χ1) is 37.4. The van der Waals surface area contributed by atoms with E-state index in [9.17, 15) is 88.2 Å². The molecule has 8 amide bonds. The maximum absolute atomic E-state index is 14.3. The molecule has 2 aliphatic heterocycles. The summed E-state index contributed by atoms with van der Waals surface area (Å²) in [6.45, 7) is -1.05. The number of hydrogen-bond donors (Lipinski definition) is 16. The lowest BCUT2D eigenvalue weighted by Crippen LogP contribution is -2.60. The molecule has 20 N–H and O–H groups in total. The maximum atomic E-state index is 14.3. The molecular formula is C48H73N13O18. The molecule has 0 bridgehead atoms. The smallest absolute Gasteiger partial charge is 0.326 e. The van der Waals surface area contributed by atoms with Crippen LogP contribution in [0.1, 0.15) is 95.5 Å². The predicted molar refractivity (Wildman–Crippen MR) is 274 cm³/mol. The van der Waals surface area contributed by atoms with E-state index >= 15 is 0 Å². The number of phenolic OH excluding ortho intramolecular Hbond substituents is 1. The topological polar surface area (TPSA) is 521 Å². The van der Waals surface area contributed by atoms with Gasteiger partial charge >= 0.3 is 23.9 Å². The number of nitrogens with one attached hydrogen (secondary N) is 6. The molecule has 79 heavy (non-hydrogen) atoms. The van der Waals surface area contributed by atoms with Crippen molar-refractivity contribution in [3.8, 4) is 5.75 Å². The van der Waals surface area contributed by atoms with Crippen LogP contribution in [-0.2, 0) is 64.0 Å². The van der Waals surface area contributed by atoms with Crippen LogP contribution in [-0.4, -0.2) is 205 Å². The van der Waals surface area contributed by atoms with Gasteiger partial charge in [0.15, 0.2) is 5.96 Å². The number of carboxylic acids is 4. The Morgan fingerprint density at radius 1 is 0.582 bits per heavy atom. The molecule has 438 valence electrons. The van der Waals surface area contributed by atoms with Gasteiger partial charge in [0.05, 0.1) is 19.1 Å². The van der Waals surface area contributed by atoms with Crippen molar-refractivity contribution >= 4 is 77.1 Å². The third-order valence-electron chi connectivity index (χ3n) is 12.9. The first kappa shape index (κ1) is 65.1. The maximum Gasteiger partial charge on any atom is 0.326 e. The van der Waals surface area contributed by atoms with Crippen molar-refractivity contribution in [2.45, 2.75) is 151 Å². The van der Waals surface area contributed by atoms with Gasteiger partial charge in [0.2, 0.25) is 47.3 Å². The van der Waals surface area contributed by atoms with Gasteiger partial charge in [0.1, 0.15) is 54.1 Å². The van der Waals surface area contributed by atoms with Gasteiger partial charge in [0, 0.05) is 32.5 Å². The first-order valence-electron chi connectivity index (χ1n) is 25.6. The number of hydrogen-bond acceptors (Lipinski definition) is 17. The molecule has 2 saturated heterocycles. The van der Waals surface area contributed by atoms with Gasteiger partial charge in [-0.05, 0) is 101 Å². The molecule has 0 aromatic heterocycles. The quantitative estimate of drug-likeness (QED) is 0.0174. The summed E-state index contributed by atoms with van der Waals surface area (Å²) in [7, 11) is 0. The average Bonchev–Trinajstić information content (AvgIpc) is 4.10. The Labute approximate surface area is 453 Å². The largest absolute Gasteiger partial charge is 0.508 e. The molecule has 3 rings (SSSR count). The highest BCUT2D eigenvalue weighted by atomic mass is 16.4. The van der Waals surface area contributed by atoms with Crippen LogP contribution >= 0.6 is 0 Å². The van der Waals surface area contributed by atoms with Crippen LogP contribution in [0.15, 0.2) is 29.3 Å². The fourth-order valence-corrected chi connectivity index (χ4v) is 8.77. The average molecular weight is 1120 g/mol. The van der Waals surface area contributed by atoms with E-state index in [1.807, 2.05) is 0 Å². The number of aliphatic carboxylic acids is 4. The number of amides is 8. The summed E-state index contributed by atoms with van der Waals surface area (Å²) in [5.41, 5.74) is 22.9. The highest BCUT2D eigenvalue weighted by Gasteiger charge is 2.43. The summed E-state index contributed by atoms with van der Waals surface area (Å²) < 4.78 is 0. The van der Waals surface area contributed by atoms with Gasteiger partial charge in [-0.25, -0.2) is 4.79 Å². The van der Waals surface area contributed by atoms with Gasteiger partial charge in [-0.2, -0.15) is 0 Å². The molecule has 31 heteroatoms. The molecular weight excluding hydrogens is 1050 g/mol. The Morgan fingerprint density at radius 2 is 1.05 bits per heavy atom. The summed E-state index contributed by atoms with van der Waals surface area (Å²) >= 11 is 0. The van der Waals surface area contributed by atoms with Crippen molar-refractivity contribution in [2.24, 2.45) is 27.9 Å². The summed E-state index contributed by atoms with van der Waals surface area (Å²) in [5.74, 6) is -14.2. The molecule has 0 aliphatic carbocycles. The molecule has 2 aliphatic rings. The third kappa shape index (κ3) is 21.6. The molecule has 0 unspecified atom stereocenters. The van der Waals surface area contributed by atoms with E-state index in [1.54, 1.807) is 0 Å². The number of aliphatic imine (C=N–C) groups is 1. The van der Waals surface area contributed by atoms with Gasteiger partial charge < -0.3 is 95.3 Å². The molecule has 1 aromatic carbocycles. The summed E-state index contributed by atoms with van der Waals surface area (Å²) in [6, 6.07) is -8.17. The van der Waals surface area contributed by atoms with E-state index < -0.39 is 164 Å². The van der Waals surface area contributed by atoms with Crippen molar-refractivity contribution in [3.05, 3.63) is 29.8 Å². The number of carbonyl (C=O) groups is 12. The van der Waals surface area contributed by atoms with Crippen molar-refractivity contribution in [2.75, 3.05) is 32.8 Å². The van der Waals surface area contributed by atoms with Crippen molar-refractivity contribution in [1.82, 2.24) is 41.7 Å². The Kier molecular flexibility index (Phi) is 26.8. The minimum atomic E-state index is -1.94. The van der Waals surface area contributed by atoms with Crippen molar-refractivity contribution < 1.29 is 88.2 Å². The minimum Gasteiger partial charge on any atom is -0.508 e. The molecule has 1 aromatic rings. The second kappa shape index (κ2) is 32.5. The molecule has 0 spiro atoms. The van der Waals surface area contributed by atoms with Crippen molar-refractivity contribution in [3.63, 3.8) is 0 Å². The number of aliphatic hydroxyl groups excluding tert-OH is 1. The fourth-order valence-electron chi connectivity index (χ4n) is 8.77. The monoisotopic (exact) mass is 1120 g/mol. The van der Waals surface area contributed by atoms with Gasteiger partial charge in [-0.1, -0.05) is 12.1 Å². The molecule has 0 radical (unpaired) electrons. The predicted octanol–water partition coefficient (Wildman–Crippen LogP) is -5.38. The van der Waals surface area contributed by atoms with Gasteiger partial charge in [-0.15, -0.1) is 0 Å². The second-order valence-corrected chi connectivity index (χ2v) is 18.9. The molecule has 9 atom stereocenters. The number of carboxylic acid groups (broad SMARTS) is 4. The second-order valence-electron chi connectivity index (χ2n) is 18.9. The van der Waals surface area contributed by atoms with E-state index in [4.69, 9.17) is 22.9 Å². The lowest BCUT2D eigenvalue weighted by atomic mass is 10.0. The van der Waals surface area contributed by atoms with E-state index in [0.29, 0.717) is 31.4 Å². The number of benzene rings is 1. The number of guanidine groups is 1. The van der Waals surface area contributed by atoms with E-state index in [0.717, 1.165) is 9.80 Å². The van der Waals surface area contributed by atoms with Crippen LogP contribution in [0.4, 0.5) is 0 Å². The number of unbranched alkanes of at least 4 members (excludes halogenated alkanes) is 1. The Balaban J connectivity index is 1.85. The highest BCUT2D eigenvalue weighted by molar-refractivity contribution is 5.99. The normalized spacial score (nSPS) is 17.5. The van der Waals surface area contributed by atoms with Crippen molar-refractivity contribution in [1.29, 1.82) is 0 Å². The zero-order valence-electron chi connectivity index (χ0n) is 43.4. The van der Waals surface area contributed by atoms with Crippen LogP contribution < -0.4 is 54.8 Å².